The molecule has 15 heavy (non-hydrogen) atoms. The molecule has 86 valence electrons. The molecule has 0 rings (SSSR count). The molecule has 0 aromatic rings. The monoisotopic (exact) mass is 249 g/mol. The number of carbonyl (C=O) groups is 2. The maximum Gasteiger partial charge on any atom is 0.309 e. The van der Waals surface area contributed by atoms with Crippen LogP contribution >= 0.6 is 24.0 Å². The van der Waals surface area contributed by atoms with Crippen LogP contribution < -0.4 is 16.4 Å². The van der Waals surface area contributed by atoms with Gasteiger partial charge in [0.25, 0.3) is 0 Å². The van der Waals surface area contributed by atoms with Crippen molar-refractivity contribution in [2.45, 2.75) is 12.2 Å². The minimum atomic E-state index is -0.712. The third-order valence-electron chi connectivity index (χ3n) is 1.58. The van der Waals surface area contributed by atoms with Crippen LogP contribution in [0.1, 0.15) is 6.92 Å². The maximum absolute atomic E-state index is 11.2. The van der Waals surface area contributed by atoms with Crippen molar-refractivity contribution < 1.29 is 9.59 Å². The predicted octanol–water partition coefficient (Wildman–Crippen LogP) is -0.744. The van der Waals surface area contributed by atoms with E-state index in [9.17, 15) is 9.59 Å². The minimum absolute atomic E-state index is 0.0413. The van der Waals surface area contributed by atoms with Crippen LogP contribution in [0.3, 0.4) is 0 Å². The van der Waals surface area contributed by atoms with Crippen molar-refractivity contribution in [1.82, 2.24) is 10.6 Å². The highest BCUT2D eigenvalue weighted by Crippen LogP contribution is 2.01. The Kier molecular flexibility index (Phi) is 7.06. The van der Waals surface area contributed by atoms with Crippen LogP contribution in [-0.4, -0.2) is 41.4 Å². The van der Waals surface area contributed by atoms with Gasteiger partial charge in [0.2, 0.25) is 0 Å². The summed E-state index contributed by atoms with van der Waals surface area (Å²) in [6, 6.07) is 0. The lowest BCUT2D eigenvalue weighted by molar-refractivity contribution is -0.138. The van der Waals surface area contributed by atoms with Crippen molar-refractivity contribution >= 4 is 40.8 Å². The van der Waals surface area contributed by atoms with Gasteiger partial charge in [-0.05, 0) is 6.26 Å². The maximum atomic E-state index is 11.2. The molecular weight excluding hydrogens is 234 g/mol. The molecule has 0 aliphatic carbocycles. The summed E-state index contributed by atoms with van der Waals surface area (Å²) in [4.78, 5) is 22.4. The van der Waals surface area contributed by atoms with E-state index in [1.54, 1.807) is 11.8 Å². The Hall–Kier alpha value is -0.820. The molecule has 0 aliphatic rings. The van der Waals surface area contributed by atoms with Gasteiger partial charge >= 0.3 is 11.8 Å². The number of thiocarbonyl (C=S) groups is 1. The average molecular weight is 249 g/mol. The first-order chi connectivity index (χ1) is 6.97. The van der Waals surface area contributed by atoms with E-state index in [0.29, 0.717) is 6.54 Å². The molecule has 0 heterocycles. The van der Waals surface area contributed by atoms with Crippen molar-refractivity contribution in [3.05, 3.63) is 0 Å². The van der Waals surface area contributed by atoms with Crippen molar-refractivity contribution in [2.24, 2.45) is 5.73 Å². The van der Waals surface area contributed by atoms with Gasteiger partial charge in [0.1, 0.15) is 0 Å². The Morgan fingerprint density at radius 3 is 2.40 bits per heavy atom. The summed E-state index contributed by atoms with van der Waals surface area (Å²) in [5.74, 6) is -1.37. The molecule has 0 bridgehead atoms. The second-order valence-electron chi connectivity index (χ2n) is 2.91. The van der Waals surface area contributed by atoms with Gasteiger partial charge in [-0.2, -0.15) is 11.8 Å². The van der Waals surface area contributed by atoms with E-state index in [0.717, 1.165) is 0 Å². The molecule has 0 radical (unpaired) electrons. The summed E-state index contributed by atoms with van der Waals surface area (Å²) in [5.41, 5.74) is 5.17. The Morgan fingerprint density at radius 2 is 1.93 bits per heavy atom. The number of nitrogens with two attached hydrogens (primary N) is 1. The number of amides is 2. The van der Waals surface area contributed by atoms with Gasteiger partial charge < -0.3 is 16.4 Å². The first kappa shape index (κ1) is 14.2. The second-order valence-corrected chi connectivity index (χ2v) is 4.71. The largest absolute Gasteiger partial charge is 0.392 e. The topological polar surface area (TPSA) is 84.2 Å². The van der Waals surface area contributed by atoms with Crippen LogP contribution in [0.25, 0.3) is 0 Å². The zero-order valence-corrected chi connectivity index (χ0v) is 10.3. The average Bonchev–Trinajstić information content (AvgIpc) is 2.21. The molecule has 1 unspecified atom stereocenters. The summed E-state index contributed by atoms with van der Waals surface area (Å²) < 4.78 is 0. The van der Waals surface area contributed by atoms with Crippen molar-refractivity contribution in [3.8, 4) is 0 Å². The van der Waals surface area contributed by atoms with Crippen LogP contribution in [0.5, 0.6) is 0 Å². The molecule has 0 aliphatic heterocycles. The first-order valence-corrected chi connectivity index (χ1v) is 6.04. The minimum Gasteiger partial charge on any atom is -0.392 e. The zero-order valence-electron chi connectivity index (χ0n) is 8.70. The molecular formula is C8H15N3O2S2. The van der Waals surface area contributed by atoms with Crippen LogP contribution in [0.2, 0.25) is 0 Å². The normalized spacial score (nSPS) is 11.6. The number of thioether (sulfide) groups is 1. The molecule has 0 fully saturated rings. The third-order valence-corrected chi connectivity index (χ3v) is 2.70. The number of nitrogens with one attached hydrogen (secondary N) is 2. The van der Waals surface area contributed by atoms with Crippen LogP contribution in [0.4, 0.5) is 0 Å². The summed E-state index contributed by atoms with van der Waals surface area (Å²) in [7, 11) is 0. The van der Waals surface area contributed by atoms with Crippen molar-refractivity contribution in [1.29, 1.82) is 0 Å². The second kappa shape index (κ2) is 7.47. The van der Waals surface area contributed by atoms with E-state index in [2.05, 4.69) is 22.9 Å². The molecule has 4 N–H and O–H groups in total. The lowest BCUT2D eigenvalue weighted by Gasteiger charge is -2.09. The molecule has 0 spiro atoms. The molecule has 0 aromatic heterocycles. The molecule has 5 nitrogen and oxygen atoms in total. The predicted molar refractivity (Wildman–Crippen MR) is 65.8 cm³/mol. The Balaban J connectivity index is 3.79. The number of hydrogen-bond acceptors (Lipinski definition) is 4. The Labute approximate surface area is 98.5 Å². The molecule has 1 atom stereocenters. The summed E-state index contributed by atoms with van der Waals surface area (Å²) >= 11 is 6.16. The smallest absolute Gasteiger partial charge is 0.309 e. The highest BCUT2D eigenvalue weighted by molar-refractivity contribution is 7.99. The molecule has 2 amide bonds. The van der Waals surface area contributed by atoms with E-state index in [-0.39, 0.29) is 16.8 Å². The van der Waals surface area contributed by atoms with E-state index in [1.807, 2.05) is 13.2 Å². The van der Waals surface area contributed by atoms with Crippen molar-refractivity contribution in [2.75, 3.05) is 19.3 Å². The van der Waals surface area contributed by atoms with E-state index < -0.39 is 11.8 Å². The van der Waals surface area contributed by atoms with Gasteiger partial charge in [0.15, 0.2) is 0 Å². The van der Waals surface area contributed by atoms with Crippen molar-refractivity contribution in [3.63, 3.8) is 0 Å². The SMILES string of the molecule is CSC(C)CNC(=O)C(=O)NCC(N)=S. The van der Waals surface area contributed by atoms with Gasteiger partial charge in [-0.1, -0.05) is 19.1 Å². The molecule has 0 saturated heterocycles. The zero-order chi connectivity index (χ0) is 11.8. The quantitative estimate of drug-likeness (QED) is 0.441. The number of rotatable bonds is 5. The lowest BCUT2D eigenvalue weighted by Crippen LogP contribution is -2.44. The van der Waals surface area contributed by atoms with Gasteiger partial charge in [0, 0.05) is 11.8 Å². The van der Waals surface area contributed by atoms with Crippen LogP contribution in [0.15, 0.2) is 0 Å². The molecule has 0 saturated carbocycles. The first-order valence-electron chi connectivity index (χ1n) is 4.34. The summed E-state index contributed by atoms with van der Waals surface area (Å²) in [5, 5.41) is 5.08. The van der Waals surface area contributed by atoms with Gasteiger partial charge in [-0.25, -0.2) is 0 Å². The van der Waals surface area contributed by atoms with Gasteiger partial charge in [-0.3, -0.25) is 9.59 Å². The number of hydrogen-bond donors (Lipinski definition) is 3. The third kappa shape index (κ3) is 7.15. The van der Waals surface area contributed by atoms with Gasteiger partial charge in [0.05, 0.1) is 11.5 Å². The van der Waals surface area contributed by atoms with Crippen LogP contribution in [-0.2, 0) is 9.59 Å². The molecule has 7 heteroatoms. The fraction of sp³-hybridized carbons (Fsp3) is 0.625. The lowest BCUT2D eigenvalue weighted by atomic mass is 10.4. The van der Waals surface area contributed by atoms with Crippen LogP contribution in [0, 0.1) is 0 Å². The summed E-state index contributed by atoms with van der Waals surface area (Å²) in [6.07, 6.45) is 1.93. The Bertz CT molecular complexity index is 258. The number of carbonyl (C=O) groups excluding carboxylic acids is 2. The van der Waals surface area contributed by atoms with E-state index in [4.69, 9.17) is 5.73 Å². The highest BCUT2D eigenvalue weighted by atomic mass is 32.2. The highest BCUT2D eigenvalue weighted by Gasteiger charge is 2.13. The summed E-state index contributed by atoms with van der Waals surface area (Å²) in [6.45, 7) is 2.46. The fourth-order valence-electron chi connectivity index (χ4n) is 0.648. The van der Waals surface area contributed by atoms with Gasteiger partial charge in [-0.15, -0.1) is 0 Å². The Morgan fingerprint density at radius 1 is 1.40 bits per heavy atom. The fourth-order valence-corrected chi connectivity index (χ4v) is 0.970. The van der Waals surface area contributed by atoms with E-state index >= 15 is 0 Å². The van der Waals surface area contributed by atoms with E-state index in [1.165, 1.54) is 0 Å². The standard InChI is InChI=1S/C8H15N3O2S2/c1-5(15-2)3-10-7(12)8(13)11-4-6(9)14/h5H,3-4H2,1-2H3,(H2,9,14)(H,10,12)(H,11,13). The molecule has 0 aromatic carbocycles.